The van der Waals surface area contributed by atoms with Crippen LogP contribution in [0.25, 0.3) is 0 Å². The molecule has 0 bridgehead atoms. The fourth-order valence-electron chi connectivity index (χ4n) is 3.24. The molecule has 0 aromatic heterocycles. The lowest BCUT2D eigenvalue weighted by atomic mass is 9.78. The molecule has 0 heterocycles. The summed E-state index contributed by atoms with van der Waals surface area (Å²) in [6.45, 7) is 6.69. The first-order valence-electron chi connectivity index (χ1n) is 6.41. The molecule has 1 saturated carbocycles. The Hall–Kier alpha value is -0.820. The molecular formula is C15H23N. The van der Waals surface area contributed by atoms with E-state index in [1.165, 1.54) is 42.4 Å². The molecule has 0 saturated heterocycles. The topological polar surface area (TPSA) is 26.0 Å². The highest BCUT2D eigenvalue weighted by molar-refractivity contribution is 5.40. The molecule has 0 amide bonds. The molecule has 0 radical (unpaired) electrons. The van der Waals surface area contributed by atoms with E-state index >= 15 is 0 Å². The van der Waals surface area contributed by atoms with Crippen molar-refractivity contribution in [3.05, 3.63) is 34.4 Å². The zero-order valence-corrected chi connectivity index (χ0v) is 10.7. The summed E-state index contributed by atoms with van der Waals surface area (Å²) in [5.41, 5.74) is 11.9. The van der Waals surface area contributed by atoms with E-state index in [0.717, 1.165) is 5.92 Å². The standard InChI is InChI=1S/C15H23N/c1-10-8-11(2)15(12(3)9-10)13-4-6-14(16)7-5-13/h8-9,13-14H,4-7,16H2,1-3H3. The second-order valence-electron chi connectivity index (χ2n) is 5.42. The van der Waals surface area contributed by atoms with Crippen LogP contribution in [0.5, 0.6) is 0 Å². The quantitative estimate of drug-likeness (QED) is 0.764. The first-order chi connectivity index (χ1) is 7.58. The Kier molecular flexibility index (Phi) is 3.34. The summed E-state index contributed by atoms with van der Waals surface area (Å²) in [7, 11) is 0. The van der Waals surface area contributed by atoms with Crippen LogP contribution in [0.15, 0.2) is 12.1 Å². The number of nitrogens with two attached hydrogens (primary N) is 1. The van der Waals surface area contributed by atoms with Crippen LogP contribution in [0.3, 0.4) is 0 Å². The second kappa shape index (κ2) is 4.58. The molecular weight excluding hydrogens is 194 g/mol. The summed E-state index contributed by atoms with van der Waals surface area (Å²) in [5, 5.41) is 0. The van der Waals surface area contributed by atoms with Gasteiger partial charge in [0.15, 0.2) is 0 Å². The Bertz CT molecular complexity index is 350. The van der Waals surface area contributed by atoms with Crippen molar-refractivity contribution < 1.29 is 0 Å². The van der Waals surface area contributed by atoms with Crippen LogP contribution >= 0.6 is 0 Å². The number of aryl methyl sites for hydroxylation is 3. The lowest BCUT2D eigenvalue weighted by Crippen LogP contribution is -2.26. The minimum Gasteiger partial charge on any atom is -0.328 e. The summed E-state index contributed by atoms with van der Waals surface area (Å²) >= 11 is 0. The zero-order valence-electron chi connectivity index (χ0n) is 10.7. The maximum absolute atomic E-state index is 5.98. The summed E-state index contributed by atoms with van der Waals surface area (Å²) < 4.78 is 0. The average molecular weight is 217 g/mol. The van der Waals surface area contributed by atoms with Gasteiger partial charge in [-0.05, 0) is 69.1 Å². The van der Waals surface area contributed by atoms with Gasteiger partial charge in [-0.15, -0.1) is 0 Å². The van der Waals surface area contributed by atoms with Crippen LogP contribution in [0, 0.1) is 20.8 Å². The Balaban J connectivity index is 2.26. The predicted molar refractivity (Wildman–Crippen MR) is 69.8 cm³/mol. The Morgan fingerprint density at radius 3 is 1.94 bits per heavy atom. The zero-order chi connectivity index (χ0) is 11.7. The number of hydrogen-bond donors (Lipinski definition) is 1. The van der Waals surface area contributed by atoms with Crippen molar-refractivity contribution in [3.8, 4) is 0 Å². The van der Waals surface area contributed by atoms with Crippen molar-refractivity contribution in [3.63, 3.8) is 0 Å². The van der Waals surface area contributed by atoms with E-state index in [2.05, 4.69) is 32.9 Å². The maximum Gasteiger partial charge on any atom is 0.00392 e. The van der Waals surface area contributed by atoms with Gasteiger partial charge in [-0.2, -0.15) is 0 Å². The van der Waals surface area contributed by atoms with Crippen molar-refractivity contribution in [1.29, 1.82) is 0 Å². The van der Waals surface area contributed by atoms with Crippen molar-refractivity contribution in [1.82, 2.24) is 0 Å². The lowest BCUT2D eigenvalue weighted by molar-refractivity contribution is 0.394. The summed E-state index contributed by atoms with van der Waals surface area (Å²) in [6.07, 6.45) is 4.92. The van der Waals surface area contributed by atoms with Crippen LogP contribution < -0.4 is 5.73 Å². The van der Waals surface area contributed by atoms with E-state index in [4.69, 9.17) is 5.73 Å². The van der Waals surface area contributed by atoms with Gasteiger partial charge in [-0.1, -0.05) is 17.7 Å². The summed E-state index contributed by atoms with van der Waals surface area (Å²) in [6, 6.07) is 5.08. The first kappa shape index (κ1) is 11.7. The number of hydrogen-bond acceptors (Lipinski definition) is 1. The van der Waals surface area contributed by atoms with Gasteiger partial charge in [0.1, 0.15) is 0 Å². The predicted octanol–water partition coefficient (Wildman–Crippen LogP) is 3.60. The molecule has 1 fully saturated rings. The highest BCUT2D eigenvalue weighted by Gasteiger charge is 2.22. The minimum atomic E-state index is 0.447. The van der Waals surface area contributed by atoms with E-state index in [9.17, 15) is 0 Å². The van der Waals surface area contributed by atoms with Crippen molar-refractivity contribution >= 4 is 0 Å². The molecule has 1 aromatic rings. The van der Waals surface area contributed by atoms with E-state index in [0.29, 0.717) is 6.04 Å². The van der Waals surface area contributed by atoms with Crippen molar-refractivity contribution in [2.24, 2.45) is 5.73 Å². The maximum atomic E-state index is 5.98. The highest BCUT2D eigenvalue weighted by atomic mass is 14.6. The van der Waals surface area contributed by atoms with E-state index in [-0.39, 0.29) is 0 Å². The van der Waals surface area contributed by atoms with Gasteiger partial charge < -0.3 is 5.73 Å². The van der Waals surface area contributed by atoms with E-state index < -0.39 is 0 Å². The Morgan fingerprint density at radius 1 is 0.938 bits per heavy atom. The molecule has 1 nitrogen and oxygen atoms in total. The monoisotopic (exact) mass is 217 g/mol. The minimum absolute atomic E-state index is 0.447. The van der Waals surface area contributed by atoms with Gasteiger partial charge in [-0.3, -0.25) is 0 Å². The van der Waals surface area contributed by atoms with Crippen LogP contribution in [0.4, 0.5) is 0 Å². The van der Waals surface area contributed by atoms with Gasteiger partial charge in [0.05, 0.1) is 0 Å². The highest BCUT2D eigenvalue weighted by Crippen LogP contribution is 2.36. The van der Waals surface area contributed by atoms with E-state index in [1.54, 1.807) is 5.56 Å². The molecule has 2 N–H and O–H groups in total. The fourth-order valence-corrected chi connectivity index (χ4v) is 3.24. The van der Waals surface area contributed by atoms with Gasteiger partial charge in [-0.25, -0.2) is 0 Å². The Morgan fingerprint density at radius 2 is 1.44 bits per heavy atom. The summed E-state index contributed by atoms with van der Waals surface area (Å²) in [5.74, 6) is 0.750. The average Bonchev–Trinajstić information content (AvgIpc) is 2.19. The molecule has 1 aromatic carbocycles. The molecule has 0 spiro atoms. The van der Waals surface area contributed by atoms with Crippen LogP contribution in [-0.2, 0) is 0 Å². The molecule has 1 aliphatic carbocycles. The molecule has 16 heavy (non-hydrogen) atoms. The van der Waals surface area contributed by atoms with E-state index in [1.807, 2.05) is 0 Å². The first-order valence-corrected chi connectivity index (χ1v) is 6.41. The van der Waals surface area contributed by atoms with Crippen molar-refractivity contribution in [2.45, 2.75) is 58.4 Å². The molecule has 1 aliphatic rings. The van der Waals surface area contributed by atoms with Crippen LogP contribution in [0.1, 0.15) is 53.9 Å². The molecule has 2 rings (SSSR count). The normalized spacial score (nSPS) is 25.8. The third kappa shape index (κ3) is 2.30. The number of rotatable bonds is 1. The molecule has 0 unspecified atom stereocenters. The number of benzene rings is 1. The van der Waals surface area contributed by atoms with Crippen LogP contribution in [0.2, 0.25) is 0 Å². The van der Waals surface area contributed by atoms with Gasteiger partial charge >= 0.3 is 0 Å². The van der Waals surface area contributed by atoms with Crippen molar-refractivity contribution in [2.75, 3.05) is 0 Å². The molecule has 0 aliphatic heterocycles. The SMILES string of the molecule is Cc1cc(C)c(C2CCC(N)CC2)c(C)c1. The molecule has 0 atom stereocenters. The van der Waals surface area contributed by atoms with Gasteiger partial charge in [0.25, 0.3) is 0 Å². The smallest absolute Gasteiger partial charge is 0.00392 e. The second-order valence-corrected chi connectivity index (χ2v) is 5.42. The fraction of sp³-hybridized carbons (Fsp3) is 0.600. The summed E-state index contributed by atoms with van der Waals surface area (Å²) in [4.78, 5) is 0. The third-order valence-corrected chi connectivity index (χ3v) is 3.92. The molecule has 88 valence electrons. The molecule has 1 heteroatoms. The van der Waals surface area contributed by atoms with Gasteiger partial charge in [0, 0.05) is 6.04 Å². The third-order valence-electron chi connectivity index (χ3n) is 3.92. The largest absolute Gasteiger partial charge is 0.328 e. The van der Waals surface area contributed by atoms with Gasteiger partial charge in [0.2, 0.25) is 0 Å². The lowest BCUT2D eigenvalue weighted by Gasteiger charge is -2.29. The Labute approximate surface area is 99.0 Å². The van der Waals surface area contributed by atoms with Crippen LogP contribution in [-0.4, -0.2) is 6.04 Å².